The summed E-state index contributed by atoms with van der Waals surface area (Å²) >= 11 is 0. The maximum atomic E-state index is 12.1. The number of carbonyl (C=O) groups excluding carboxylic acids is 1. The summed E-state index contributed by atoms with van der Waals surface area (Å²) in [4.78, 5) is 16.2. The Labute approximate surface area is 111 Å². The molecule has 0 radical (unpaired) electrons. The Hall–Kier alpha value is -2.37. The zero-order valence-electron chi connectivity index (χ0n) is 11.0. The van der Waals surface area contributed by atoms with Gasteiger partial charge in [-0.05, 0) is 26.0 Å². The quantitative estimate of drug-likeness (QED) is 0.763. The van der Waals surface area contributed by atoms with Gasteiger partial charge in [-0.15, -0.1) is 0 Å². The Kier molecular flexibility index (Phi) is 4.12. The van der Waals surface area contributed by atoms with E-state index in [2.05, 4.69) is 25.8 Å². The number of aromatic amines is 1. The van der Waals surface area contributed by atoms with Crippen molar-refractivity contribution < 1.29 is 4.79 Å². The maximum absolute atomic E-state index is 12.1. The molecule has 1 amide bonds. The average Bonchev–Trinajstić information content (AvgIpc) is 2.93. The highest BCUT2D eigenvalue weighted by Crippen LogP contribution is 2.12. The lowest BCUT2D eigenvalue weighted by molar-refractivity contribution is 0.0940. The summed E-state index contributed by atoms with van der Waals surface area (Å²) in [5.74, 6) is 0.571. The fourth-order valence-corrected chi connectivity index (χ4v) is 1.71. The van der Waals surface area contributed by atoms with Gasteiger partial charge >= 0.3 is 0 Å². The molecule has 0 aliphatic heterocycles. The molecule has 0 aliphatic carbocycles. The van der Waals surface area contributed by atoms with Crippen LogP contribution in [-0.2, 0) is 0 Å². The molecular formula is C13H17N5O. The first kappa shape index (κ1) is 13.1. The first-order chi connectivity index (χ1) is 9.20. The summed E-state index contributed by atoms with van der Waals surface area (Å²) in [7, 11) is 0. The zero-order valence-corrected chi connectivity index (χ0v) is 11.0. The number of hydrogen-bond donors (Lipinski definition) is 3. The Morgan fingerprint density at radius 1 is 1.53 bits per heavy atom. The SMILES string of the molecule is CCNc1cc(C(=O)NC(C)c2cn[nH]c2)ccn1. The molecule has 0 bridgehead atoms. The molecule has 2 rings (SSSR count). The minimum atomic E-state index is -0.129. The molecule has 6 heteroatoms. The highest BCUT2D eigenvalue weighted by atomic mass is 16.1. The molecule has 19 heavy (non-hydrogen) atoms. The van der Waals surface area contributed by atoms with E-state index >= 15 is 0 Å². The van der Waals surface area contributed by atoms with Crippen molar-refractivity contribution >= 4 is 11.7 Å². The van der Waals surface area contributed by atoms with Crippen molar-refractivity contribution in [2.24, 2.45) is 0 Å². The minimum absolute atomic E-state index is 0.0954. The van der Waals surface area contributed by atoms with E-state index in [9.17, 15) is 4.79 Å². The third-order valence-electron chi connectivity index (χ3n) is 2.75. The van der Waals surface area contributed by atoms with Gasteiger partial charge in [-0.2, -0.15) is 5.10 Å². The van der Waals surface area contributed by atoms with Crippen molar-refractivity contribution in [3.63, 3.8) is 0 Å². The van der Waals surface area contributed by atoms with Gasteiger partial charge < -0.3 is 10.6 Å². The summed E-state index contributed by atoms with van der Waals surface area (Å²) < 4.78 is 0. The van der Waals surface area contributed by atoms with E-state index in [0.717, 1.165) is 12.1 Å². The van der Waals surface area contributed by atoms with Crippen molar-refractivity contribution in [3.8, 4) is 0 Å². The van der Waals surface area contributed by atoms with Crippen molar-refractivity contribution in [3.05, 3.63) is 41.9 Å². The molecule has 0 spiro atoms. The van der Waals surface area contributed by atoms with Crippen LogP contribution in [0, 0.1) is 0 Å². The first-order valence-corrected chi connectivity index (χ1v) is 6.20. The predicted octanol–water partition coefficient (Wildman–Crippen LogP) is 1.73. The molecule has 0 saturated carbocycles. The van der Waals surface area contributed by atoms with Gasteiger partial charge in [0.1, 0.15) is 5.82 Å². The summed E-state index contributed by atoms with van der Waals surface area (Å²) in [6.07, 6.45) is 5.08. The molecule has 2 aromatic heterocycles. The first-order valence-electron chi connectivity index (χ1n) is 6.20. The number of anilines is 1. The van der Waals surface area contributed by atoms with Crippen molar-refractivity contribution in [1.29, 1.82) is 0 Å². The van der Waals surface area contributed by atoms with E-state index in [0.29, 0.717) is 11.4 Å². The van der Waals surface area contributed by atoms with E-state index in [1.165, 1.54) is 0 Å². The molecule has 0 saturated heterocycles. The van der Waals surface area contributed by atoms with Crippen LogP contribution in [0.1, 0.15) is 35.8 Å². The van der Waals surface area contributed by atoms with Crippen LogP contribution < -0.4 is 10.6 Å². The lowest BCUT2D eigenvalue weighted by atomic mass is 10.1. The molecule has 3 N–H and O–H groups in total. The van der Waals surface area contributed by atoms with Gasteiger partial charge in [-0.3, -0.25) is 9.89 Å². The normalized spacial score (nSPS) is 11.9. The molecule has 0 aromatic carbocycles. The molecule has 0 aliphatic rings. The molecule has 2 aromatic rings. The lowest BCUT2D eigenvalue weighted by Gasteiger charge is -2.12. The minimum Gasteiger partial charge on any atom is -0.370 e. The van der Waals surface area contributed by atoms with Crippen LogP contribution in [0.4, 0.5) is 5.82 Å². The molecule has 100 valence electrons. The van der Waals surface area contributed by atoms with E-state index < -0.39 is 0 Å². The summed E-state index contributed by atoms with van der Waals surface area (Å²) in [6.45, 7) is 4.66. The topological polar surface area (TPSA) is 82.7 Å². The zero-order chi connectivity index (χ0) is 13.7. The van der Waals surface area contributed by atoms with Gasteiger partial charge in [-0.1, -0.05) is 0 Å². The highest BCUT2D eigenvalue weighted by Gasteiger charge is 2.12. The van der Waals surface area contributed by atoms with Gasteiger partial charge in [0.2, 0.25) is 0 Å². The molecule has 2 heterocycles. The number of nitrogens with one attached hydrogen (secondary N) is 3. The van der Waals surface area contributed by atoms with Crippen LogP contribution in [0.3, 0.4) is 0 Å². The number of H-pyrrole nitrogens is 1. The van der Waals surface area contributed by atoms with Gasteiger partial charge in [-0.25, -0.2) is 4.98 Å². The fraction of sp³-hybridized carbons (Fsp3) is 0.308. The standard InChI is InChI=1S/C13H17N5O/c1-3-14-12-6-10(4-5-15-12)13(19)18-9(2)11-7-16-17-8-11/h4-9H,3H2,1-2H3,(H,14,15)(H,16,17)(H,18,19). The summed E-state index contributed by atoms with van der Waals surface area (Å²) in [6, 6.07) is 3.33. The molecule has 0 fully saturated rings. The van der Waals surface area contributed by atoms with Crippen LogP contribution in [0.5, 0.6) is 0 Å². The van der Waals surface area contributed by atoms with Gasteiger partial charge in [0.05, 0.1) is 12.2 Å². The fourth-order valence-electron chi connectivity index (χ4n) is 1.71. The van der Waals surface area contributed by atoms with Crippen LogP contribution >= 0.6 is 0 Å². The number of amides is 1. The molecule has 6 nitrogen and oxygen atoms in total. The smallest absolute Gasteiger partial charge is 0.251 e. The number of nitrogens with zero attached hydrogens (tertiary/aromatic N) is 2. The largest absolute Gasteiger partial charge is 0.370 e. The van der Waals surface area contributed by atoms with Crippen molar-refractivity contribution in [1.82, 2.24) is 20.5 Å². The van der Waals surface area contributed by atoms with Gasteiger partial charge in [0.25, 0.3) is 5.91 Å². The van der Waals surface area contributed by atoms with Gasteiger partial charge in [0.15, 0.2) is 0 Å². The predicted molar refractivity (Wildman–Crippen MR) is 72.9 cm³/mol. The number of pyridine rings is 1. The highest BCUT2D eigenvalue weighted by molar-refractivity contribution is 5.95. The monoisotopic (exact) mass is 259 g/mol. The average molecular weight is 259 g/mol. The second kappa shape index (κ2) is 5.99. The third-order valence-corrected chi connectivity index (χ3v) is 2.75. The molecule has 1 unspecified atom stereocenters. The van der Waals surface area contributed by atoms with E-state index in [4.69, 9.17) is 0 Å². The van der Waals surface area contributed by atoms with Crippen LogP contribution in [0.25, 0.3) is 0 Å². The molecule has 1 atom stereocenters. The summed E-state index contributed by atoms with van der Waals surface area (Å²) in [5, 5.41) is 12.6. The van der Waals surface area contributed by atoms with Crippen LogP contribution in [0.15, 0.2) is 30.7 Å². The summed E-state index contributed by atoms with van der Waals surface area (Å²) in [5.41, 5.74) is 1.52. The molecular weight excluding hydrogens is 242 g/mol. The van der Waals surface area contributed by atoms with E-state index in [-0.39, 0.29) is 11.9 Å². The van der Waals surface area contributed by atoms with E-state index in [1.54, 1.807) is 30.7 Å². The third kappa shape index (κ3) is 3.31. The van der Waals surface area contributed by atoms with Crippen molar-refractivity contribution in [2.75, 3.05) is 11.9 Å². The number of carbonyl (C=O) groups is 1. The Balaban J connectivity index is 2.05. The lowest BCUT2D eigenvalue weighted by Crippen LogP contribution is -2.26. The maximum Gasteiger partial charge on any atom is 0.251 e. The van der Waals surface area contributed by atoms with Crippen LogP contribution in [-0.4, -0.2) is 27.6 Å². The van der Waals surface area contributed by atoms with Gasteiger partial charge in [0, 0.05) is 30.1 Å². The number of aromatic nitrogens is 3. The Morgan fingerprint density at radius 3 is 3.05 bits per heavy atom. The number of hydrogen-bond acceptors (Lipinski definition) is 4. The second-order valence-electron chi connectivity index (χ2n) is 4.19. The number of rotatable bonds is 5. The van der Waals surface area contributed by atoms with Crippen molar-refractivity contribution in [2.45, 2.75) is 19.9 Å². The van der Waals surface area contributed by atoms with E-state index in [1.807, 2.05) is 13.8 Å². The Morgan fingerprint density at radius 2 is 2.37 bits per heavy atom. The Bertz CT molecular complexity index is 538. The van der Waals surface area contributed by atoms with Crippen LogP contribution in [0.2, 0.25) is 0 Å². The second-order valence-corrected chi connectivity index (χ2v) is 4.19.